The van der Waals surface area contributed by atoms with Gasteiger partial charge in [-0.1, -0.05) is 12.1 Å². The fraction of sp³-hybridized carbons (Fsp3) is 0.304. The van der Waals surface area contributed by atoms with Crippen molar-refractivity contribution in [1.29, 1.82) is 0 Å². The topological polar surface area (TPSA) is 75.0 Å². The number of aryl methyl sites for hydroxylation is 1. The fourth-order valence-electron chi connectivity index (χ4n) is 3.63. The molecule has 2 amide bonds. The zero-order valence-electron chi connectivity index (χ0n) is 17.6. The molecule has 7 nitrogen and oxygen atoms in total. The molecule has 0 unspecified atom stereocenters. The van der Waals surface area contributed by atoms with Gasteiger partial charge >= 0.3 is 0 Å². The molecule has 162 valence electrons. The molecule has 1 aliphatic rings. The Morgan fingerprint density at radius 3 is 2.61 bits per heavy atom. The van der Waals surface area contributed by atoms with Crippen LogP contribution in [0.15, 0.2) is 53.1 Å². The van der Waals surface area contributed by atoms with Gasteiger partial charge in [0.15, 0.2) is 5.76 Å². The van der Waals surface area contributed by atoms with Gasteiger partial charge in [-0.2, -0.15) is 0 Å². The van der Waals surface area contributed by atoms with Crippen molar-refractivity contribution in [3.05, 3.63) is 64.9 Å². The van der Waals surface area contributed by atoms with Crippen molar-refractivity contribution >= 4 is 33.8 Å². The van der Waals surface area contributed by atoms with E-state index in [-0.39, 0.29) is 17.6 Å². The first kappa shape index (κ1) is 21.0. The minimum absolute atomic E-state index is 0.00117. The first-order chi connectivity index (χ1) is 15.1. The second-order valence-corrected chi connectivity index (χ2v) is 8.29. The normalized spacial score (nSPS) is 13.9. The van der Waals surface area contributed by atoms with Crippen LogP contribution in [0.25, 0.3) is 0 Å². The molecule has 4 rings (SSSR count). The van der Waals surface area contributed by atoms with Crippen molar-refractivity contribution in [3.63, 3.8) is 0 Å². The first-order valence-corrected chi connectivity index (χ1v) is 11.1. The average Bonchev–Trinajstić information content (AvgIpc) is 3.44. The predicted molar refractivity (Wildman–Crippen MR) is 121 cm³/mol. The third-order valence-corrected chi connectivity index (χ3v) is 6.31. The Morgan fingerprint density at radius 2 is 1.90 bits per heavy atom. The molecule has 0 bridgehead atoms. The molecule has 3 aromatic rings. The van der Waals surface area contributed by atoms with E-state index in [0.717, 1.165) is 30.1 Å². The number of benzene rings is 1. The Morgan fingerprint density at radius 1 is 1.13 bits per heavy atom. The molecule has 1 saturated heterocycles. The summed E-state index contributed by atoms with van der Waals surface area (Å²) in [6.07, 6.45) is 1.45. The summed E-state index contributed by atoms with van der Waals surface area (Å²) in [5, 5.41) is 3.43. The SMILES string of the molecule is CCOc1ccccc1N1CCN(C(=O)c2sc(NC(=O)c3ccco3)cc2C)CC1. The Hall–Kier alpha value is -3.26. The lowest BCUT2D eigenvalue weighted by atomic mass is 10.2. The zero-order valence-corrected chi connectivity index (χ0v) is 18.4. The van der Waals surface area contributed by atoms with E-state index in [1.54, 1.807) is 12.1 Å². The highest BCUT2D eigenvalue weighted by atomic mass is 32.1. The van der Waals surface area contributed by atoms with E-state index in [1.807, 2.05) is 43.0 Å². The Balaban J connectivity index is 1.40. The number of amides is 2. The van der Waals surface area contributed by atoms with Crippen LogP contribution >= 0.6 is 11.3 Å². The molecule has 8 heteroatoms. The molecule has 1 aromatic carbocycles. The number of nitrogens with zero attached hydrogens (tertiary/aromatic N) is 2. The van der Waals surface area contributed by atoms with Crippen molar-refractivity contribution in [2.45, 2.75) is 13.8 Å². The van der Waals surface area contributed by atoms with E-state index >= 15 is 0 Å². The molecule has 31 heavy (non-hydrogen) atoms. The zero-order chi connectivity index (χ0) is 21.8. The number of piperazine rings is 1. The number of hydrogen-bond donors (Lipinski definition) is 1. The number of furan rings is 1. The van der Waals surface area contributed by atoms with Gasteiger partial charge in [0, 0.05) is 26.2 Å². The summed E-state index contributed by atoms with van der Waals surface area (Å²) in [4.78, 5) is 30.1. The van der Waals surface area contributed by atoms with Crippen LogP contribution in [0.3, 0.4) is 0 Å². The van der Waals surface area contributed by atoms with E-state index in [0.29, 0.717) is 29.6 Å². The molecular weight excluding hydrogens is 414 g/mol. The third kappa shape index (κ3) is 4.59. The second kappa shape index (κ2) is 9.26. The van der Waals surface area contributed by atoms with E-state index in [2.05, 4.69) is 16.3 Å². The highest BCUT2D eigenvalue weighted by Crippen LogP contribution is 2.31. The number of thiophene rings is 1. The largest absolute Gasteiger partial charge is 0.492 e. The number of para-hydroxylation sites is 2. The van der Waals surface area contributed by atoms with Gasteiger partial charge in [0.05, 0.1) is 28.4 Å². The molecule has 2 aromatic heterocycles. The Kier molecular flexibility index (Phi) is 6.27. The first-order valence-electron chi connectivity index (χ1n) is 10.3. The highest BCUT2D eigenvalue weighted by molar-refractivity contribution is 7.18. The Labute approximate surface area is 185 Å². The summed E-state index contributed by atoms with van der Waals surface area (Å²) in [5.41, 5.74) is 1.92. The number of ether oxygens (including phenoxy) is 1. The van der Waals surface area contributed by atoms with Crippen LogP contribution in [-0.4, -0.2) is 49.5 Å². The summed E-state index contributed by atoms with van der Waals surface area (Å²) in [7, 11) is 0. The quantitative estimate of drug-likeness (QED) is 0.621. The van der Waals surface area contributed by atoms with Crippen molar-refractivity contribution < 1.29 is 18.7 Å². The number of rotatable bonds is 6. The molecule has 0 radical (unpaired) electrons. The van der Waals surface area contributed by atoms with E-state index in [4.69, 9.17) is 9.15 Å². The lowest BCUT2D eigenvalue weighted by molar-refractivity contribution is 0.0750. The Bertz CT molecular complexity index is 1050. The molecular formula is C23H25N3O4S. The van der Waals surface area contributed by atoms with Gasteiger partial charge in [-0.25, -0.2) is 0 Å². The average molecular weight is 440 g/mol. The maximum atomic E-state index is 13.1. The molecule has 1 N–H and O–H groups in total. The number of carbonyl (C=O) groups excluding carboxylic acids is 2. The monoisotopic (exact) mass is 439 g/mol. The van der Waals surface area contributed by atoms with E-state index in [1.165, 1.54) is 17.6 Å². The van der Waals surface area contributed by atoms with Crippen LogP contribution in [-0.2, 0) is 0 Å². The number of hydrogen-bond acceptors (Lipinski definition) is 6. The fourth-order valence-corrected chi connectivity index (χ4v) is 4.66. The number of nitrogens with one attached hydrogen (secondary N) is 1. The minimum Gasteiger partial charge on any atom is -0.492 e. The highest BCUT2D eigenvalue weighted by Gasteiger charge is 2.26. The van der Waals surface area contributed by atoms with Gasteiger partial charge in [-0.3, -0.25) is 9.59 Å². The van der Waals surface area contributed by atoms with Crippen molar-refractivity contribution in [1.82, 2.24) is 4.90 Å². The molecule has 1 aliphatic heterocycles. The van der Waals surface area contributed by atoms with Gasteiger partial charge in [0.1, 0.15) is 5.75 Å². The standard InChI is InChI=1S/C23H25N3O4S/c1-3-29-18-8-5-4-7-17(18)25-10-12-26(13-11-25)23(28)21-16(2)15-20(31-21)24-22(27)19-9-6-14-30-19/h4-9,14-15H,3,10-13H2,1-2H3,(H,24,27). The van der Waals surface area contributed by atoms with Gasteiger partial charge in [-0.15, -0.1) is 11.3 Å². The third-order valence-electron chi connectivity index (χ3n) is 5.17. The summed E-state index contributed by atoms with van der Waals surface area (Å²) in [5.74, 6) is 0.781. The minimum atomic E-state index is -0.327. The van der Waals surface area contributed by atoms with Crippen LogP contribution in [0, 0.1) is 6.92 Å². The van der Waals surface area contributed by atoms with Gasteiger partial charge in [0.25, 0.3) is 11.8 Å². The summed E-state index contributed by atoms with van der Waals surface area (Å²) in [6.45, 7) is 7.22. The van der Waals surface area contributed by atoms with E-state index < -0.39 is 0 Å². The van der Waals surface area contributed by atoms with Crippen LogP contribution in [0.1, 0.15) is 32.7 Å². The molecule has 0 saturated carbocycles. The lowest BCUT2D eigenvalue weighted by Gasteiger charge is -2.36. The number of anilines is 2. The number of carbonyl (C=O) groups is 2. The summed E-state index contributed by atoms with van der Waals surface area (Å²) < 4.78 is 10.9. The van der Waals surface area contributed by atoms with Crippen LogP contribution in [0.2, 0.25) is 0 Å². The van der Waals surface area contributed by atoms with Gasteiger partial charge in [0.2, 0.25) is 0 Å². The second-order valence-electron chi connectivity index (χ2n) is 7.23. The predicted octanol–water partition coefficient (Wildman–Crippen LogP) is 4.26. The van der Waals surface area contributed by atoms with Crippen LogP contribution in [0.4, 0.5) is 10.7 Å². The van der Waals surface area contributed by atoms with Crippen molar-refractivity contribution in [3.8, 4) is 5.75 Å². The van der Waals surface area contributed by atoms with E-state index in [9.17, 15) is 9.59 Å². The van der Waals surface area contributed by atoms with Crippen LogP contribution < -0.4 is 15.0 Å². The maximum absolute atomic E-state index is 13.1. The molecule has 3 heterocycles. The van der Waals surface area contributed by atoms with Gasteiger partial charge < -0.3 is 24.3 Å². The molecule has 0 atom stereocenters. The molecule has 0 aliphatic carbocycles. The van der Waals surface area contributed by atoms with Gasteiger partial charge in [-0.05, 0) is 49.7 Å². The smallest absolute Gasteiger partial charge is 0.291 e. The van der Waals surface area contributed by atoms with Crippen LogP contribution in [0.5, 0.6) is 5.75 Å². The molecule has 0 spiro atoms. The summed E-state index contributed by atoms with van der Waals surface area (Å²) in [6, 6.07) is 13.1. The summed E-state index contributed by atoms with van der Waals surface area (Å²) >= 11 is 1.29. The lowest BCUT2D eigenvalue weighted by Crippen LogP contribution is -2.48. The van der Waals surface area contributed by atoms with Crippen molar-refractivity contribution in [2.24, 2.45) is 0 Å². The van der Waals surface area contributed by atoms with Crippen molar-refractivity contribution in [2.75, 3.05) is 43.0 Å². The maximum Gasteiger partial charge on any atom is 0.291 e. The molecule has 1 fully saturated rings.